The van der Waals surface area contributed by atoms with Crippen LogP contribution in [0.5, 0.6) is 5.75 Å². The fraction of sp³-hybridized carbons (Fsp3) is 0.704. The number of nitrogens with zero attached hydrogens (tertiary/aromatic N) is 2. The smallest absolute Gasteiger partial charge is 0.246 e. The number of methoxy groups -OCH3 is 1. The number of unbranched alkanes of at least 4 members (excludes halogenated alkanes) is 1. The molecule has 2 saturated heterocycles. The van der Waals surface area contributed by atoms with Crippen LogP contribution < -0.4 is 10.1 Å². The van der Waals surface area contributed by atoms with Crippen molar-refractivity contribution in [3.8, 4) is 5.75 Å². The van der Waals surface area contributed by atoms with E-state index in [2.05, 4.69) is 17.1 Å². The zero-order valence-electron chi connectivity index (χ0n) is 20.8. The largest absolute Gasteiger partial charge is 0.494 e. The molecule has 1 N–H and O–H groups in total. The zero-order valence-corrected chi connectivity index (χ0v) is 20.8. The summed E-state index contributed by atoms with van der Waals surface area (Å²) in [6.07, 6.45) is 9.99. The Kier molecular flexibility index (Phi) is 8.12. The molecule has 7 heteroatoms. The lowest BCUT2D eigenvalue weighted by Gasteiger charge is -2.52. The van der Waals surface area contributed by atoms with Crippen molar-refractivity contribution in [1.29, 1.82) is 0 Å². The number of amides is 2. The van der Waals surface area contributed by atoms with Crippen molar-refractivity contribution >= 4 is 11.8 Å². The molecule has 0 unspecified atom stereocenters. The van der Waals surface area contributed by atoms with Gasteiger partial charge in [0, 0.05) is 26.2 Å². The third kappa shape index (κ3) is 5.24. The molecular weight excluding hydrogens is 433 g/mol. The molecule has 3 fully saturated rings. The minimum atomic E-state index is -0.753. The predicted octanol–water partition coefficient (Wildman–Crippen LogP) is 4.27. The summed E-state index contributed by atoms with van der Waals surface area (Å²) in [5.41, 5.74) is 0.130. The Hall–Kier alpha value is -2.15. The van der Waals surface area contributed by atoms with Crippen molar-refractivity contribution < 1.29 is 18.7 Å². The molecule has 2 amide bonds. The molecule has 2 heterocycles. The van der Waals surface area contributed by atoms with Crippen LogP contribution in [0, 0.1) is 11.7 Å². The SMILES string of the molecule is CCCCN1C(=O)[C@H](CC2CCCCC2)NC(=O)C12CCN(Cc1ccc(OC)c(F)c1)CC2. The first-order valence-electron chi connectivity index (χ1n) is 13.1. The first-order chi connectivity index (χ1) is 16.5. The second kappa shape index (κ2) is 11.1. The van der Waals surface area contributed by atoms with E-state index in [-0.39, 0.29) is 29.4 Å². The average molecular weight is 474 g/mol. The maximum Gasteiger partial charge on any atom is 0.246 e. The third-order valence-corrected chi connectivity index (χ3v) is 8.14. The van der Waals surface area contributed by atoms with Crippen molar-refractivity contribution in [2.24, 2.45) is 5.92 Å². The minimum Gasteiger partial charge on any atom is -0.494 e. The number of hydrogen-bond donors (Lipinski definition) is 1. The maximum absolute atomic E-state index is 14.1. The van der Waals surface area contributed by atoms with E-state index >= 15 is 0 Å². The van der Waals surface area contributed by atoms with Crippen LogP contribution in [-0.2, 0) is 16.1 Å². The lowest BCUT2D eigenvalue weighted by atomic mass is 9.79. The topological polar surface area (TPSA) is 61.9 Å². The second-order valence-corrected chi connectivity index (χ2v) is 10.4. The monoisotopic (exact) mass is 473 g/mol. The Bertz CT molecular complexity index is 863. The Morgan fingerprint density at radius 1 is 1.15 bits per heavy atom. The fourth-order valence-corrected chi connectivity index (χ4v) is 6.08. The standard InChI is InChI=1S/C27H40FN3O3/c1-3-4-14-31-25(32)23(18-20-8-6-5-7-9-20)29-26(33)27(31)12-15-30(16-13-27)19-21-10-11-24(34-2)22(28)17-21/h10-11,17,20,23H,3-9,12-16,18-19H2,1-2H3,(H,29,33)/t23-/m0/s1. The molecule has 188 valence electrons. The van der Waals surface area contributed by atoms with Gasteiger partial charge in [0.05, 0.1) is 7.11 Å². The highest BCUT2D eigenvalue weighted by Gasteiger charge is 2.53. The minimum absolute atomic E-state index is 0.0270. The summed E-state index contributed by atoms with van der Waals surface area (Å²) in [5, 5.41) is 3.15. The van der Waals surface area contributed by atoms with E-state index < -0.39 is 5.54 Å². The van der Waals surface area contributed by atoms with Crippen molar-refractivity contribution in [3.05, 3.63) is 29.6 Å². The Labute approximate surface area is 203 Å². The van der Waals surface area contributed by atoms with E-state index in [0.29, 0.717) is 44.9 Å². The van der Waals surface area contributed by atoms with Gasteiger partial charge in [-0.25, -0.2) is 4.39 Å². The van der Waals surface area contributed by atoms with Crippen LogP contribution in [0.25, 0.3) is 0 Å². The number of carbonyl (C=O) groups excluding carboxylic acids is 2. The molecule has 1 aromatic rings. The van der Waals surface area contributed by atoms with Crippen molar-refractivity contribution in [1.82, 2.24) is 15.1 Å². The van der Waals surface area contributed by atoms with Gasteiger partial charge >= 0.3 is 0 Å². The normalized spacial score (nSPS) is 23.9. The highest BCUT2D eigenvalue weighted by Crippen LogP contribution is 2.36. The quantitative estimate of drug-likeness (QED) is 0.613. The van der Waals surface area contributed by atoms with Crippen molar-refractivity contribution in [2.45, 2.75) is 89.3 Å². The number of likely N-dealkylation sites (tertiary alicyclic amines) is 1. The summed E-state index contributed by atoms with van der Waals surface area (Å²) in [7, 11) is 1.46. The number of rotatable bonds is 8. The molecule has 3 aliphatic rings. The molecule has 1 aliphatic carbocycles. The number of nitrogens with one attached hydrogen (secondary N) is 1. The summed E-state index contributed by atoms with van der Waals surface area (Å²) in [4.78, 5) is 31.4. The van der Waals surface area contributed by atoms with Crippen molar-refractivity contribution in [3.63, 3.8) is 0 Å². The van der Waals surface area contributed by atoms with Gasteiger partial charge in [-0.05, 0) is 49.3 Å². The second-order valence-electron chi connectivity index (χ2n) is 10.4. The molecule has 4 rings (SSSR count). The fourth-order valence-electron chi connectivity index (χ4n) is 6.08. The number of piperidine rings is 1. The van der Waals surface area contributed by atoms with E-state index in [9.17, 15) is 14.0 Å². The van der Waals surface area contributed by atoms with Crippen LogP contribution >= 0.6 is 0 Å². The molecule has 1 aromatic carbocycles. The molecular formula is C27H40FN3O3. The number of benzene rings is 1. The van der Waals surface area contributed by atoms with E-state index in [1.54, 1.807) is 6.07 Å². The van der Waals surface area contributed by atoms with Gasteiger partial charge in [-0.3, -0.25) is 14.5 Å². The van der Waals surface area contributed by atoms with E-state index in [1.165, 1.54) is 45.3 Å². The number of carbonyl (C=O) groups is 2. The molecule has 1 atom stereocenters. The lowest BCUT2D eigenvalue weighted by Crippen LogP contribution is -2.73. The van der Waals surface area contributed by atoms with Crippen LogP contribution in [0.15, 0.2) is 18.2 Å². The van der Waals surface area contributed by atoms with Gasteiger partial charge in [-0.1, -0.05) is 51.5 Å². The number of halogens is 1. The van der Waals surface area contributed by atoms with Gasteiger partial charge in [0.15, 0.2) is 11.6 Å². The maximum atomic E-state index is 14.1. The molecule has 34 heavy (non-hydrogen) atoms. The Balaban J connectivity index is 1.43. The summed E-state index contributed by atoms with van der Waals surface area (Å²) in [6.45, 7) is 4.78. The van der Waals surface area contributed by atoms with Gasteiger partial charge in [0.1, 0.15) is 11.6 Å². The molecule has 0 aromatic heterocycles. The molecule has 0 bridgehead atoms. The molecule has 2 aliphatic heterocycles. The number of ether oxygens (including phenoxy) is 1. The summed E-state index contributed by atoms with van der Waals surface area (Å²) in [6, 6.07) is 4.68. The predicted molar refractivity (Wildman–Crippen MR) is 130 cm³/mol. The first-order valence-corrected chi connectivity index (χ1v) is 13.1. The average Bonchev–Trinajstić information content (AvgIpc) is 2.84. The third-order valence-electron chi connectivity index (χ3n) is 8.14. The summed E-state index contributed by atoms with van der Waals surface area (Å²) in [5.74, 6) is 0.564. The van der Waals surface area contributed by atoms with Crippen LogP contribution in [-0.4, -0.2) is 59.9 Å². The lowest BCUT2D eigenvalue weighted by molar-refractivity contribution is -0.162. The van der Waals surface area contributed by atoms with Crippen LogP contribution in [0.2, 0.25) is 0 Å². The van der Waals surface area contributed by atoms with Crippen molar-refractivity contribution in [2.75, 3.05) is 26.7 Å². The van der Waals surface area contributed by atoms with Crippen LogP contribution in [0.1, 0.15) is 76.7 Å². The summed E-state index contributed by atoms with van der Waals surface area (Å²) >= 11 is 0. The number of piperazine rings is 1. The van der Waals surface area contributed by atoms with Gasteiger partial charge < -0.3 is 15.0 Å². The highest BCUT2D eigenvalue weighted by molar-refractivity contribution is 6.00. The van der Waals surface area contributed by atoms with Gasteiger partial charge in [-0.2, -0.15) is 0 Å². The molecule has 1 spiro atoms. The molecule has 1 saturated carbocycles. The van der Waals surface area contributed by atoms with E-state index in [4.69, 9.17) is 4.74 Å². The van der Waals surface area contributed by atoms with Gasteiger partial charge in [0.25, 0.3) is 0 Å². The van der Waals surface area contributed by atoms with E-state index in [0.717, 1.165) is 24.8 Å². The summed E-state index contributed by atoms with van der Waals surface area (Å²) < 4.78 is 19.1. The zero-order chi connectivity index (χ0) is 24.1. The molecule has 0 radical (unpaired) electrons. The highest BCUT2D eigenvalue weighted by atomic mass is 19.1. The van der Waals surface area contributed by atoms with Crippen LogP contribution in [0.4, 0.5) is 4.39 Å². The Morgan fingerprint density at radius 3 is 2.53 bits per heavy atom. The van der Waals surface area contributed by atoms with Gasteiger partial charge in [-0.15, -0.1) is 0 Å². The molecule has 6 nitrogen and oxygen atoms in total. The first kappa shape index (κ1) is 25.0. The van der Waals surface area contributed by atoms with Crippen LogP contribution in [0.3, 0.4) is 0 Å². The number of hydrogen-bond acceptors (Lipinski definition) is 4. The van der Waals surface area contributed by atoms with Gasteiger partial charge in [0.2, 0.25) is 11.8 Å². The van der Waals surface area contributed by atoms with E-state index in [1.807, 2.05) is 11.0 Å². The Morgan fingerprint density at radius 2 is 1.88 bits per heavy atom.